The minimum absolute atomic E-state index is 0.104. The number of nitrogens with zero attached hydrogens (tertiary/aromatic N) is 2. The van der Waals surface area contributed by atoms with Gasteiger partial charge in [-0.15, -0.1) is 0 Å². The van der Waals surface area contributed by atoms with E-state index in [1.165, 1.54) is 0 Å². The van der Waals surface area contributed by atoms with Gasteiger partial charge in [0.2, 0.25) is 0 Å². The van der Waals surface area contributed by atoms with E-state index in [4.69, 9.17) is 5.11 Å². The van der Waals surface area contributed by atoms with E-state index in [1.54, 1.807) is 0 Å². The fourth-order valence-electron chi connectivity index (χ4n) is 2.36. The van der Waals surface area contributed by atoms with E-state index in [1.807, 2.05) is 18.4 Å². The number of unbranched alkanes of at least 4 members (excludes halogenated alkanes) is 1. The topological polar surface area (TPSA) is 55.1 Å². The number of carbonyl (C=O) groups is 1. The maximum absolute atomic E-state index is 13.4. The van der Waals surface area contributed by atoms with Crippen molar-refractivity contribution in [3.63, 3.8) is 0 Å². The Balaban J connectivity index is 2.32. The number of hydrogen-bond donors (Lipinski definition) is 1. The van der Waals surface area contributed by atoms with Gasteiger partial charge in [0, 0.05) is 31.0 Å². The lowest BCUT2D eigenvalue weighted by atomic mass is 10.2. The van der Waals surface area contributed by atoms with Crippen molar-refractivity contribution in [2.75, 3.05) is 0 Å². The fourth-order valence-corrected chi connectivity index (χ4v) is 2.36. The van der Waals surface area contributed by atoms with Crippen LogP contribution in [0.5, 0.6) is 0 Å². The summed E-state index contributed by atoms with van der Waals surface area (Å²) in [4.78, 5) is 14.9. The Morgan fingerprint density at radius 1 is 1.29 bits per heavy atom. The first-order chi connectivity index (χ1) is 9.90. The number of imidazole rings is 1. The maximum Gasteiger partial charge on any atom is 0.303 e. The molecule has 0 unspecified atom stereocenters. The van der Waals surface area contributed by atoms with Crippen molar-refractivity contribution in [1.82, 2.24) is 9.55 Å². The third kappa shape index (κ3) is 3.37. The number of carboxylic acids is 1. The van der Waals surface area contributed by atoms with Gasteiger partial charge in [0.25, 0.3) is 0 Å². The van der Waals surface area contributed by atoms with E-state index < -0.39 is 17.6 Å². The zero-order valence-electron chi connectivity index (χ0n) is 12.1. The first kappa shape index (κ1) is 15.4. The van der Waals surface area contributed by atoms with Gasteiger partial charge in [-0.05, 0) is 12.8 Å². The lowest BCUT2D eigenvalue weighted by Crippen LogP contribution is -2.06. The van der Waals surface area contributed by atoms with Crippen LogP contribution in [-0.2, 0) is 11.3 Å². The summed E-state index contributed by atoms with van der Waals surface area (Å²) in [6, 6.07) is 2.25. The molecule has 2 rings (SSSR count). The molecular weight excluding hydrogens is 278 g/mol. The molecule has 0 radical (unpaired) electrons. The van der Waals surface area contributed by atoms with E-state index >= 15 is 0 Å². The van der Waals surface area contributed by atoms with E-state index in [0.717, 1.165) is 18.0 Å². The summed E-state index contributed by atoms with van der Waals surface area (Å²) < 4.78 is 28.6. The highest BCUT2D eigenvalue weighted by atomic mass is 19.2. The van der Waals surface area contributed by atoms with Crippen LogP contribution >= 0.6 is 0 Å². The Hall–Kier alpha value is -1.98. The minimum Gasteiger partial charge on any atom is -0.481 e. The molecule has 0 bridgehead atoms. The lowest BCUT2D eigenvalue weighted by molar-refractivity contribution is -0.137. The van der Waals surface area contributed by atoms with Gasteiger partial charge < -0.3 is 9.67 Å². The third-order valence-corrected chi connectivity index (χ3v) is 3.36. The highest BCUT2D eigenvalue weighted by molar-refractivity contribution is 5.76. The standard InChI is InChI=1S/C15H18F2N2O2/c1-9(2)15-18-12-7-10(16)11(17)8-13(12)19(15)6-4-3-5-14(20)21/h7-9H,3-6H2,1-2H3,(H,20,21). The smallest absolute Gasteiger partial charge is 0.303 e. The summed E-state index contributed by atoms with van der Waals surface area (Å²) >= 11 is 0. The van der Waals surface area contributed by atoms with Crippen LogP contribution in [-0.4, -0.2) is 20.6 Å². The molecule has 0 saturated heterocycles. The predicted octanol–water partition coefficient (Wildman–Crippen LogP) is 3.69. The van der Waals surface area contributed by atoms with Gasteiger partial charge >= 0.3 is 5.97 Å². The summed E-state index contributed by atoms with van der Waals surface area (Å²) in [5.41, 5.74) is 0.976. The van der Waals surface area contributed by atoms with Crippen molar-refractivity contribution in [2.24, 2.45) is 0 Å². The molecule has 0 fully saturated rings. The molecule has 2 aromatic rings. The highest BCUT2D eigenvalue weighted by Crippen LogP contribution is 2.24. The van der Waals surface area contributed by atoms with Gasteiger partial charge in [0.1, 0.15) is 5.82 Å². The molecule has 0 amide bonds. The van der Waals surface area contributed by atoms with Gasteiger partial charge in [0.15, 0.2) is 11.6 Å². The molecular formula is C15H18F2N2O2. The maximum atomic E-state index is 13.4. The van der Waals surface area contributed by atoms with E-state index in [0.29, 0.717) is 30.4 Å². The lowest BCUT2D eigenvalue weighted by Gasteiger charge is -2.11. The molecule has 114 valence electrons. The van der Waals surface area contributed by atoms with Gasteiger partial charge in [-0.3, -0.25) is 4.79 Å². The van der Waals surface area contributed by atoms with Crippen LogP contribution in [0.15, 0.2) is 12.1 Å². The van der Waals surface area contributed by atoms with Gasteiger partial charge in [-0.2, -0.15) is 0 Å². The van der Waals surface area contributed by atoms with Crippen LogP contribution in [0.2, 0.25) is 0 Å². The van der Waals surface area contributed by atoms with E-state index in [2.05, 4.69) is 4.98 Å². The number of aromatic nitrogens is 2. The van der Waals surface area contributed by atoms with Crippen LogP contribution in [0, 0.1) is 11.6 Å². The quantitative estimate of drug-likeness (QED) is 0.827. The SMILES string of the molecule is CC(C)c1nc2cc(F)c(F)cc2n1CCCCC(=O)O. The average Bonchev–Trinajstić information content (AvgIpc) is 2.73. The first-order valence-corrected chi connectivity index (χ1v) is 6.97. The van der Waals surface area contributed by atoms with Crippen molar-refractivity contribution in [3.05, 3.63) is 29.6 Å². The second-order valence-electron chi connectivity index (χ2n) is 5.38. The normalized spacial score (nSPS) is 11.5. The molecule has 1 aromatic carbocycles. The molecule has 1 N–H and O–H groups in total. The van der Waals surface area contributed by atoms with Crippen LogP contribution in [0.4, 0.5) is 8.78 Å². The Morgan fingerprint density at radius 3 is 2.57 bits per heavy atom. The number of aryl methyl sites for hydroxylation is 1. The molecule has 0 spiro atoms. The van der Waals surface area contributed by atoms with Gasteiger partial charge in [0.05, 0.1) is 11.0 Å². The van der Waals surface area contributed by atoms with Crippen LogP contribution in [0.25, 0.3) is 11.0 Å². The van der Waals surface area contributed by atoms with Crippen LogP contribution < -0.4 is 0 Å². The largest absolute Gasteiger partial charge is 0.481 e. The van der Waals surface area contributed by atoms with Crippen LogP contribution in [0.3, 0.4) is 0 Å². The Kier molecular flexibility index (Phi) is 4.55. The number of benzene rings is 1. The molecule has 0 aliphatic rings. The molecule has 1 aromatic heterocycles. The first-order valence-electron chi connectivity index (χ1n) is 6.97. The summed E-state index contributed by atoms with van der Waals surface area (Å²) in [6.45, 7) is 4.46. The van der Waals surface area contributed by atoms with E-state index in [-0.39, 0.29) is 12.3 Å². The highest BCUT2D eigenvalue weighted by Gasteiger charge is 2.16. The third-order valence-electron chi connectivity index (χ3n) is 3.36. The monoisotopic (exact) mass is 296 g/mol. The number of aliphatic carboxylic acids is 1. The number of hydrogen-bond acceptors (Lipinski definition) is 2. The molecule has 0 aliphatic carbocycles. The number of halogens is 2. The summed E-state index contributed by atoms with van der Waals surface area (Å²) in [5, 5.41) is 8.64. The summed E-state index contributed by atoms with van der Waals surface area (Å²) in [6.07, 6.45) is 1.29. The molecule has 21 heavy (non-hydrogen) atoms. The van der Waals surface area contributed by atoms with Crippen molar-refractivity contribution >= 4 is 17.0 Å². The van der Waals surface area contributed by atoms with E-state index in [9.17, 15) is 13.6 Å². The van der Waals surface area contributed by atoms with Crippen LogP contribution in [0.1, 0.15) is 44.9 Å². The van der Waals surface area contributed by atoms with Crippen molar-refractivity contribution in [2.45, 2.75) is 45.6 Å². The Bertz CT molecular complexity index is 665. The van der Waals surface area contributed by atoms with Gasteiger partial charge in [-0.25, -0.2) is 13.8 Å². The van der Waals surface area contributed by atoms with Crippen molar-refractivity contribution in [1.29, 1.82) is 0 Å². The number of carboxylic acid groups (broad SMARTS) is 1. The van der Waals surface area contributed by atoms with Crippen molar-refractivity contribution < 1.29 is 18.7 Å². The zero-order valence-corrected chi connectivity index (χ0v) is 12.1. The molecule has 0 aliphatic heterocycles. The molecule has 0 saturated carbocycles. The Labute approximate surface area is 121 Å². The minimum atomic E-state index is -0.909. The fraction of sp³-hybridized carbons (Fsp3) is 0.467. The number of rotatable bonds is 6. The predicted molar refractivity (Wildman–Crippen MR) is 75.2 cm³/mol. The second-order valence-corrected chi connectivity index (χ2v) is 5.38. The molecule has 0 atom stereocenters. The Morgan fingerprint density at radius 2 is 1.95 bits per heavy atom. The second kappa shape index (κ2) is 6.20. The molecule has 4 nitrogen and oxygen atoms in total. The van der Waals surface area contributed by atoms with Crippen molar-refractivity contribution in [3.8, 4) is 0 Å². The molecule has 1 heterocycles. The zero-order chi connectivity index (χ0) is 15.6. The summed E-state index contributed by atoms with van der Waals surface area (Å²) in [7, 11) is 0. The molecule has 6 heteroatoms. The van der Waals surface area contributed by atoms with Gasteiger partial charge in [-0.1, -0.05) is 13.8 Å². The number of fused-ring (bicyclic) bond motifs is 1. The summed E-state index contributed by atoms with van der Waals surface area (Å²) in [5.74, 6) is -1.77. The average molecular weight is 296 g/mol.